The van der Waals surface area contributed by atoms with Crippen molar-refractivity contribution < 1.29 is 14.3 Å². The highest BCUT2D eigenvalue weighted by Crippen LogP contribution is 2.17. The van der Waals surface area contributed by atoms with Gasteiger partial charge >= 0.3 is 0 Å². The van der Waals surface area contributed by atoms with Gasteiger partial charge in [-0.3, -0.25) is 4.79 Å². The van der Waals surface area contributed by atoms with E-state index in [0.717, 1.165) is 19.4 Å². The Kier molecular flexibility index (Phi) is 5.28. The lowest BCUT2D eigenvalue weighted by Gasteiger charge is -2.19. The number of carbonyl (C=O) groups is 1. The first-order valence-corrected chi connectivity index (χ1v) is 8.54. The summed E-state index contributed by atoms with van der Waals surface area (Å²) in [6.07, 6.45) is 3.64. The normalized spacial score (nSPS) is 18.1. The van der Waals surface area contributed by atoms with Crippen LogP contribution >= 0.6 is 0 Å². The number of ether oxygens (including phenoxy) is 2. The molecule has 1 fully saturated rings. The van der Waals surface area contributed by atoms with Crippen LogP contribution in [-0.4, -0.2) is 51.2 Å². The number of amides is 1. The maximum Gasteiger partial charge on any atom is 0.255 e. The molecule has 0 aliphatic carbocycles. The molecule has 3 heterocycles. The van der Waals surface area contributed by atoms with E-state index in [9.17, 15) is 4.79 Å². The van der Waals surface area contributed by atoms with Crippen molar-refractivity contribution in [3.8, 4) is 11.7 Å². The van der Waals surface area contributed by atoms with Crippen LogP contribution in [0.25, 0.3) is 5.82 Å². The van der Waals surface area contributed by atoms with Crippen LogP contribution in [-0.2, 0) is 4.74 Å². The van der Waals surface area contributed by atoms with Gasteiger partial charge in [-0.2, -0.15) is 5.10 Å². The van der Waals surface area contributed by atoms with E-state index in [4.69, 9.17) is 9.47 Å². The van der Waals surface area contributed by atoms with Crippen molar-refractivity contribution in [2.24, 2.45) is 0 Å². The third kappa shape index (κ3) is 3.79. The van der Waals surface area contributed by atoms with Crippen LogP contribution in [0.1, 0.15) is 42.7 Å². The van der Waals surface area contributed by atoms with Crippen molar-refractivity contribution in [2.45, 2.75) is 45.8 Å². The Labute approximate surface area is 146 Å². The van der Waals surface area contributed by atoms with E-state index in [-0.39, 0.29) is 18.1 Å². The highest BCUT2D eigenvalue weighted by molar-refractivity contribution is 5.95. The molecular weight excluding hydrogens is 322 g/mol. The summed E-state index contributed by atoms with van der Waals surface area (Å²) in [6.45, 7) is 6.97. The SMILES string of the molecule is CCOc1ccc(-n2ncc(C(=O)N[C@@H](C)[C@@H]3CCCO3)c2C)nn1. The molecular formula is C17H23N5O3. The molecule has 0 bridgehead atoms. The third-order valence-electron chi connectivity index (χ3n) is 4.27. The fourth-order valence-corrected chi connectivity index (χ4v) is 2.89. The number of nitrogens with zero attached hydrogens (tertiary/aromatic N) is 4. The lowest BCUT2D eigenvalue weighted by molar-refractivity contribution is 0.0712. The fraction of sp³-hybridized carbons (Fsp3) is 0.529. The lowest BCUT2D eigenvalue weighted by Crippen LogP contribution is -2.40. The highest BCUT2D eigenvalue weighted by Gasteiger charge is 2.25. The first kappa shape index (κ1) is 17.3. The largest absolute Gasteiger partial charge is 0.477 e. The quantitative estimate of drug-likeness (QED) is 0.856. The lowest BCUT2D eigenvalue weighted by atomic mass is 10.1. The van der Waals surface area contributed by atoms with Crippen molar-refractivity contribution in [3.63, 3.8) is 0 Å². The van der Waals surface area contributed by atoms with Gasteiger partial charge in [0.05, 0.1) is 36.2 Å². The van der Waals surface area contributed by atoms with Crippen molar-refractivity contribution in [3.05, 3.63) is 29.6 Å². The van der Waals surface area contributed by atoms with Crippen LogP contribution in [0.3, 0.4) is 0 Å². The molecule has 0 saturated carbocycles. The molecule has 8 nitrogen and oxygen atoms in total. The third-order valence-corrected chi connectivity index (χ3v) is 4.27. The zero-order chi connectivity index (χ0) is 17.8. The van der Waals surface area contributed by atoms with E-state index in [1.54, 1.807) is 23.0 Å². The fourth-order valence-electron chi connectivity index (χ4n) is 2.89. The second-order valence-corrected chi connectivity index (χ2v) is 6.03. The molecule has 8 heteroatoms. The van der Waals surface area contributed by atoms with Crippen molar-refractivity contribution in [2.75, 3.05) is 13.2 Å². The average molecular weight is 345 g/mol. The van der Waals surface area contributed by atoms with Gasteiger partial charge in [0.2, 0.25) is 5.88 Å². The first-order chi connectivity index (χ1) is 12.1. The van der Waals surface area contributed by atoms with Crippen LogP contribution in [0.15, 0.2) is 18.3 Å². The maximum absolute atomic E-state index is 12.5. The van der Waals surface area contributed by atoms with Crippen molar-refractivity contribution in [1.82, 2.24) is 25.3 Å². The van der Waals surface area contributed by atoms with Gasteiger partial charge in [0, 0.05) is 12.7 Å². The monoisotopic (exact) mass is 345 g/mol. The van der Waals surface area contributed by atoms with E-state index >= 15 is 0 Å². The number of carbonyl (C=O) groups excluding carboxylic acids is 1. The van der Waals surface area contributed by atoms with Gasteiger partial charge in [-0.05, 0) is 39.7 Å². The maximum atomic E-state index is 12.5. The van der Waals surface area contributed by atoms with Crippen LogP contribution in [0.4, 0.5) is 0 Å². The summed E-state index contributed by atoms with van der Waals surface area (Å²) >= 11 is 0. The molecule has 1 N–H and O–H groups in total. The molecule has 0 radical (unpaired) electrons. The number of nitrogens with one attached hydrogen (secondary N) is 1. The summed E-state index contributed by atoms with van der Waals surface area (Å²) < 4.78 is 12.5. The number of hydrogen-bond acceptors (Lipinski definition) is 6. The minimum absolute atomic E-state index is 0.0389. The first-order valence-electron chi connectivity index (χ1n) is 8.54. The Morgan fingerprint density at radius 1 is 1.48 bits per heavy atom. The standard InChI is InChI=1S/C17H23N5O3/c1-4-24-16-8-7-15(20-21-16)22-12(3)13(10-18-22)17(23)19-11(2)14-6-5-9-25-14/h7-8,10-11,14H,4-6,9H2,1-3H3,(H,19,23)/t11-,14-/m0/s1. The van der Waals surface area contributed by atoms with Gasteiger partial charge in [-0.1, -0.05) is 0 Å². The zero-order valence-corrected chi connectivity index (χ0v) is 14.7. The van der Waals surface area contributed by atoms with Gasteiger partial charge < -0.3 is 14.8 Å². The summed E-state index contributed by atoms with van der Waals surface area (Å²) in [4.78, 5) is 12.5. The van der Waals surface area contributed by atoms with E-state index in [2.05, 4.69) is 20.6 Å². The molecule has 1 aliphatic rings. The Hall–Kier alpha value is -2.48. The minimum atomic E-state index is -0.161. The van der Waals surface area contributed by atoms with Crippen LogP contribution in [0.2, 0.25) is 0 Å². The zero-order valence-electron chi connectivity index (χ0n) is 14.7. The van der Waals surface area contributed by atoms with E-state index < -0.39 is 0 Å². The summed E-state index contributed by atoms with van der Waals surface area (Å²) in [6, 6.07) is 3.45. The molecule has 1 saturated heterocycles. The molecule has 2 aromatic rings. The Bertz CT molecular complexity index is 722. The van der Waals surface area contributed by atoms with Crippen LogP contribution < -0.4 is 10.1 Å². The van der Waals surface area contributed by atoms with Crippen LogP contribution in [0.5, 0.6) is 5.88 Å². The van der Waals surface area contributed by atoms with Crippen LogP contribution in [0, 0.1) is 6.92 Å². The van der Waals surface area contributed by atoms with Gasteiger partial charge in [-0.25, -0.2) is 4.68 Å². The summed E-state index contributed by atoms with van der Waals surface area (Å²) in [5.41, 5.74) is 1.22. The molecule has 25 heavy (non-hydrogen) atoms. The number of hydrogen-bond donors (Lipinski definition) is 1. The summed E-state index contributed by atoms with van der Waals surface area (Å²) in [7, 11) is 0. The average Bonchev–Trinajstić information content (AvgIpc) is 3.26. The van der Waals surface area contributed by atoms with E-state index in [1.165, 1.54) is 0 Å². The molecule has 134 valence electrons. The van der Waals surface area contributed by atoms with Gasteiger partial charge in [0.25, 0.3) is 5.91 Å². The summed E-state index contributed by atoms with van der Waals surface area (Å²) in [5.74, 6) is 0.831. The number of rotatable bonds is 6. The smallest absolute Gasteiger partial charge is 0.255 e. The minimum Gasteiger partial charge on any atom is -0.477 e. The van der Waals surface area contributed by atoms with E-state index in [0.29, 0.717) is 29.6 Å². The second-order valence-electron chi connectivity index (χ2n) is 6.03. The predicted octanol–water partition coefficient (Wildman–Crippen LogP) is 1.67. The molecule has 1 aliphatic heterocycles. The second kappa shape index (κ2) is 7.60. The Balaban J connectivity index is 1.72. The molecule has 0 unspecified atom stereocenters. The summed E-state index contributed by atoms with van der Waals surface area (Å²) in [5, 5.41) is 15.4. The van der Waals surface area contributed by atoms with Crippen molar-refractivity contribution >= 4 is 5.91 Å². The molecule has 0 aromatic carbocycles. The topological polar surface area (TPSA) is 91.2 Å². The highest BCUT2D eigenvalue weighted by atomic mass is 16.5. The molecule has 3 rings (SSSR count). The Morgan fingerprint density at radius 2 is 2.32 bits per heavy atom. The number of aromatic nitrogens is 4. The van der Waals surface area contributed by atoms with E-state index in [1.807, 2.05) is 20.8 Å². The molecule has 2 aromatic heterocycles. The predicted molar refractivity (Wildman–Crippen MR) is 91.0 cm³/mol. The van der Waals surface area contributed by atoms with Gasteiger partial charge in [-0.15, -0.1) is 10.2 Å². The molecule has 1 amide bonds. The van der Waals surface area contributed by atoms with Gasteiger partial charge in [0.15, 0.2) is 5.82 Å². The van der Waals surface area contributed by atoms with Gasteiger partial charge in [0.1, 0.15) is 0 Å². The molecule has 0 spiro atoms. The Morgan fingerprint density at radius 3 is 2.96 bits per heavy atom. The van der Waals surface area contributed by atoms with Crippen molar-refractivity contribution in [1.29, 1.82) is 0 Å². The molecule has 2 atom stereocenters.